The average Bonchev–Trinajstić information content (AvgIpc) is 3.03. The van der Waals surface area contributed by atoms with Crippen LogP contribution in [0.4, 0.5) is 11.4 Å². The van der Waals surface area contributed by atoms with Crippen LogP contribution < -0.4 is 15.5 Å². The quantitative estimate of drug-likeness (QED) is 0.685. The minimum absolute atomic E-state index is 0.473. The summed E-state index contributed by atoms with van der Waals surface area (Å²) in [5.74, 6) is 0. The van der Waals surface area contributed by atoms with E-state index in [4.69, 9.17) is 28.2 Å². The predicted molar refractivity (Wildman–Crippen MR) is 109 cm³/mol. The number of piperazine rings is 1. The zero-order valence-corrected chi connectivity index (χ0v) is 16.5. The van der Waals surface area contributed by atoms with Crippen molar-refractivity contribution in [1.82, 2.24) is 4.90 Å². The maximum absolute atomic E-state index is 9.18. The number of likely N-dealkylation sites (N-methyl/N-ethyl adjacent to an activating group) is 1. The Balaban J connectivity index is 2.01. The van der Waals surface area contributed by atoms with Gasteiger partial charge >= 0.3 is 0 Å². The Bertz CT molecular complexity index is 1060. The van der Waals surface area contributed by atoms with Crippen molar-refractivity contribution in [2.45, 2.75) is 0 Å². The average molecular weight is 403 g/mol. The van der Waals surface area contributed by atoms with Crippen molar-refractivity contribution in [1.29, 1.82) is 5.26 Å². The van der Waals surface area contributed by atoms with E-state index in [0.29, 0.717) is 10.0 Å². The lowest BCUT2D eigenvalue weighted by atomic mass is 10.1. The van der Waals surface area contributed by atoms with Crippen LogP contribution in [0.25, 0.3) is 11.6 Å². The molecule has 132 valence electrons. The van der Waals surface area contributed by atoms with Crippen LogP contribution in [0.1, 0.15) is 5.56 Å². The van der Waals surface area contributed by atoms with Gasteiger partial charge in [-0.2, -0.15) is 5.26 Å². The Labute approximate surface area is 165 Å². The van der Waals surface area contributed by atoms with E-state index in [1.807, 2.05) is 22.9 Å². The molecule has 1 fully saturated rings. The number of fused-ring (bicyclic) bond motifs is 2. The Morgan fingerprint density at radius 1 is 1.23 bits per heavy atom. The third-order valence-corrected chi connectivity index (χ3v) is 6.29. The summed E-state index contributed by atoms with van der Waals surface area (Å²) in [4.78, 5) is 9.54. The summed E-state index contributed by atoms with van der Waals surface area (Å²) in [7, 11) is 2.13. The Hall–Kier alpha value is -1.84. The maximum Gasteiger partial charge on any atom is 0.0959 e. The van der Waals surface area contributed by atoms with Crippen molar-refractivity contribution in [3.63, 3.8) is 0 Å². The first-order valence-corrected chi connectivity index (χ1v) is 9.96. The number of benzene rings is 1. The molecule has 4 nitrogen and oxygen atoms in total. The van der Waals surface area contributed by atoms with Crippen molar-refractivity contribution < 1.29 is 0 Å². The van der Waals surface area contributed by atoms with Crippen LogP contribution in [0.15, 0.2) is 27.9 Å². The number of nitriles is 1. The summed E-state index contributed by atoms with van der Waals surface area (Å²) >= 11 is 14.6. The molecule has 2 aliphatic rings. The Morgan fingerprint density at radius 3 is 2.73 bits per heavy atom. The number of thiophene rings is 1. The van der Waals surface area contributed by atoms with E-state index < -0.39 is 0 Å². The van der Waals surface area contributed by atoms with Crippen molar-refractivity contribution >= 4 is 57.6 Å². The molecule has 0 N–H and O–H groups in total. The second-order valence-corrected chi connectivity index (χ2v) is 7.93. The molecule has 2 aromatic rings. The number of rotatable bonds is 1. The fraction of sp³-hybridized carbons (Fsp3) is 0.263. The van der Waals surface area contributed by atoms with Gasteiger partial charge in [0.05, 0.1) is 32.8 Å². The largest absolute Gasteiger partial charge is 0.367 e. The molecule has 0 spiro atoms. The van der Waals surface area contributed by atoms with Crippen LogP contribution in [0.5, 0.6) is 0 Å². The molecule has 1 aromatic heterocycles. The molecule has 0 amide bonds. The van der Waals surface area contributed by atoms with E-state index >= 15 is 0 Å². The van der Waals surface area contributed by atoms with Gasteiger partial charge in [-0.3, -0.25) is 0 Å². The van der Waals surface area contributed by atoms with Crippen LogP contribution in [0.3, 0.4) is 0 Å². The van der Waals surface area contributed by atoms with E-state index in [1.165, 1.54) is 6.08 Å². The Kier molecular flexibility index (Phi) is 4.76. The number of nitrogens with zero attached hydrogens (tertiary/aromatic N) is 4. The topological polar surface area (TPSA) is 42.6 Å². The van der Waals surface area contributed by atoms with Crippen LogP contribution >= 0.6 is 34.5 Å². The highest BCUT2D eigenvalue weighted by molar-refractivity contribution is 7.08. The van der Waals surface area contributed by atoms with Crippen LogP contribution in [0.2, 0.25) is 10.0 Å². The molecule has 4 rings (SSSR count). The van der Waals surface area contributed by atoms with Gasteiger partial charge in [0.25, 0.3) is 0 Å². The summed E-state index contributed by atoms with van der Waals surface area (Å²) in [6.07, 6.45) is 3.46. The SMILES string of the molecule is CN1CCN(c2cc(Cl)c(Cl)c3c2=Nc2cscc2C(=CC#N)C=3)CC1. The monoisotopic (exact) mass is 402 g/mol. The number of anilines is 1. The molecule has 1 saturated heterocycles. The highest BCUT2D eigenvalue weighted by atomic mass is 35.5. The zero-order valence-electron chi connectivity index (χ0n) is 14.2. The van der Waals surface area contributed by atoms with Gasteiger partial charge in [0, 0.05) is 53.8 Å². The molecule has 0 bridgehead atoms. The predicted octanol–water partition coefficient (Wildman–Crippen LogP) is 3.46. The molecular weight excluding hydrogens is 387 g/mol. The zero-order chi connectivity index (χ0) is 18.3. The fourth-order valence-corrected chi connectivity index (χ4v) is 4.47. The lowest BCUT2D eigenvalue weighted by Crippen LogP contribution is -2.47. The number of hydrogen-bond acceptors (Lipinski definition) is 5. The molecule has 0 atom stereocenters. The standard InChI is InChI=1S/C19H16Cl2N4S/c1-24-4-6-25(7-5-24)17-9-15(20)18(21)13-8-12(2-3-22)14-10-26-11-16(14)23-19(13)17/h2,8-11H,4-7H2,1H3. The van der Waals surface area contributed by atoms with Crippen molar-refractivity contribution in [3.8, 4) is 6.07 Å². The Morgan fingerprint density at radius 2 is 2.00 bits per heavy atom. The van der Waals surface area contributed by atoms with E-state index in [1.54, 1.807) is 11.3 Å². The second-order valence-electron chi connectivity index (χ2n) is 6.40. The van der Waals surface area contributed by atoms with Gasteiger partial charge in [-0.25, -0.2) is 4.99 Å². The van der Waals surface area contributed by atoms with E-state index in [0.717, 1.165) is 59.3 Å². The van der Waals surface area contributed by atoms with Gasteiger partial charge in [0.15, 0.2) is 0 Å². The maximum atomic E-state index is 9.18. The van der Waals surface area contributed by atoms with Crippen LogP contribution in [-0.4, -0.2) is 38.1 Å². The van der Waals surface area contributed by atoms with Gasteiger partial charge < -0.3 is 9.80 Å². The summed E-state index contributed by atoms with van der Waals surface area (Å²) < 4.78 is 0. The molecule has 26 heavy (non-hydrogen) atoms. The lowest BCUT2D eigenvalue weighted by molar-refractivity contribution is 0.312. The highest BCUT2D eigenvalue weighted by Crippen LogP contribution is 2.33. The summed E-state index contributed by atoms with van der Waals surface area (Å²) in [6.45, 7) is 3.80. The van der Waals surface area contributed by atoms with Crippen molar-refractivity contribution in [2.24, 2.45) is 4.99 Å². The van der Waals surface area contributed by atoms with Gasteiger partial charge in [0.2, 0.25) is 0 Å². The first-order valence-electron chi connectivity index (χ1n) is 8.27. The normalized spacial score (nSPS) is 18.4. The first kappa shape index (κ1) is 17.6. The third kappa shape index (κ3) is 3.04. The number of hydrogen-bond donors (Lipinski definition) is 0. The van der Waals surface area contributed by atoms with Gasteiger partial charge in [0.1, 0.15) is 0 Å². The molecule has 7 heteroatoms. The third-order valence-electron chi connectivity index (χ3n) is 4.76. The van der Waals surface area contributed by atoms with E-state index in [2.05, 4.69) is 22.9 Å². The van der Waals surface area contributed by atoms with Gasteiger partial charge in [-0.05, 0) is 24.8 Å². The van der Waals surface area contributed by atoms with Crippen LogP contribution in [-0.2, 0) is 0 Å². The molecule has 0 aliphatic carbocycles. The molecule has 1 aromatic carbocycles. The molecular formula is C19H16Cl2N4S. The minimum atomic E-state index is 0.473. The molecule has 0 radical (unpaired) electrons. The highest BCUT2D eigenvalue weighted by Gasteiger charge is 2.20. The second kappa shape index (κ2) is 7.05. The number of halogens is 2. The summed E-state index contributed by atoms with van der Waals surface area (Å²) in [5, 5.41) is 15.8. The summed E-state index contributed by atoms with van der Waals surface area (Å²) in [6, 6.07) is 4.03. The molecule has 3 heterocycles. The smallest absolute Gasteiger partial charge is 0.0959 e. The summed E-state index contributed by atoms with van der Waals surface area (Å²) in [5.41, 5.74) is 3.61. The fourth-order valence-electron chi connectivity index (χ4n) is 3.30. The van der Waals surface area contributed by atoms with Gasteiger partial charge in [-0.1, -0.05) is 23.2 Å². The minimum Gasteiger partial charge on any atom is -0.367 e. The van der Waals surface area contributed by atoms with Crippen LogP contribution in [0, 0.1) is 11.3 Å². The molecule has 2 aliphatic heterocycles. The molecule has 0 saturated carbocycles. The number of allylic oxidation sites excluding steroid dienone is 2. The van der Waals surface area contributed by atoms with Crippen molar-refractivity contribution in [3.05, 3.63) is 49.1 Å². The lowest BCUT2D eigenvalue weighted by Gasteiger charge is -2.34. The molecule has 0 unspecified atom stereocenters. The van der Waals surface area contributed by atoms with E-state index in [-0.39, 0.29) is 0 Å². The van der Waals surface area contributed by atoms with Gasteiger partial charge in [-0.15, -0.1) is 11.3 Å². The van der Waals surface area contributed by atoms with E-state index in [9.17, 15) is 5.26 Å². The first-order chi connectivity index (χ1) is 12.6. The van der Waals surface area contributed by atoms with Crippen molar-refractivity contribution in [2.75, 3.05) is 38.1 Å².